The summed E-state index contributed by atoms with van der Waals surface area (Å²) in [7, 11) is 2.39. The largest absolute Gasteiger partial charge is 0.507 e. The van der Waals surface area contributed by atoms with Crippen molar-refractivity contribution in [3.8, 4) is 5.75 Å². The van der Waals surface area contributed by atoms with Crippen molar-refractivity contribution >= 4 is 11.9 Å². The molecule has 1 aromatic rings. The average Bonchev–Trinajstić information content (AvgIpc) is 2.43. The third kappa shape index (κ3) is 3.47. The Morgan fingerprint density at radius 2 is 1.42 bits per heavy atom. The number of phenols is 1. The van der Waals surface area contributed by atoms with Crippen LogP contribution in [0.2, 0.25) is 0 Å². The summed E-state index contributed by atoms with van der Waals surface area (Å²) in [5, 5.41) is 9.73. The van der Waals surface area contributed by atoms with E-state index in [1.54, 1.807) is 13.8 Å². The summed E-state index contributed by atoms with van der Waals surface area (Å²) in [5.74, 6) is -1.74. The number of hydrogen-bond acceptors (Lipinski definition) is 5. The zero-order valence-electron chi connectivity index (χ0n) is 12.2. The fraction of sp³-hybridized carbons (Fsp3) is 0.429. The van der Waals surface area contributed by atoms with Gasteiger partial charge < -0.3 is 14.6 Å². The number of rotatable bonds is 2. The second-order valence-electron chi connectivity index (χ2n) is 3.57. The van der Waals surface area contributed by atoms with Gasteiger partial charge in [0.15, 0.2) is 0 Å². The van der Waals surface area contributed by atoms with Crippen molar-refractivity contribution in [2.75, 3.05) is 14.2 Å². The highest BCUT2D eigenvalue weighted by Gasteiger charge is 2.25. The van der Waals surface area contributed by atoms with E-state index in [2.05, 4.69) is 9.47 Å². The molecule has 1 rings (SSSR count). The minimum atomic E-state index is -0.772. The number of carbonyl (C=O) groups excluding carboxylic acids is 2. The Morgan fingerprint density at radius 3 is 1.84 bits per heavy atom. The molecule has 0 unspecified atom stereocenters. The van der Waals surface area contributed by atoms with Crippen molar-refractivity contribution < 1.29 is 24.2 Å². The number of aryl methyl sites for hydroxylation is 1. The van der Waals surface area contributed by atoms with Gasteiger partial charge in [0.05, 0.1) is 19.8 Å². The van der Waals surface area contributed by atoms with Gasteiger partial charge in [0.1, 0.15) is 11.3 Å². The van der Waals surface area contributed by atoms with Crippen LogP contribution in [0.3, 0.4) is 0 Å². The Morgan fingerprint density at radius 1 is 1.00 bits per heavy atom. The summed E-state index contributed by atoms with van der Waals surface area (Å²) >= 11 is 0. The number of hydrogen-bond donors (Lipinski definition) is 1. The van der Waals surface area contributed by atoms with Gasteiger partial charge >= 0.3 is 11.9 Å². The van der Waals surface area contributed by atoms with Gasteiger partial charge in [-0.05, 0) is 31.0 Å². The maximum absolute atomic E-state index is 11.6. The van der Waals surface area contributed by atoms with Crippen molar-refractivity contribution in [1.29, 1.82) is 0 Å². The van der Waals surface area contributed by atoms with E-state index in [0.717, 1.165) is 0 Å². The lowest BCUT2D eigenvalue weighted by atomic mass is 9.96. The molecule has 19 heavy (non-hydrogen) atoms. The smallest absolute Gasteiger partial charge is 0.342 e. The van der Waals surface area contributed by atoms with Gasteiger partial charge in [0.2, 0.25) is 0 Å². The Kier molecular flexibility index (Phi) is 6.61. The summed E-state index contributed by atoms with van der Waals surface area (Å²) in [4.78, 5) is 23.2. The Hall–Kier alpha value is -2.04. The lowest BCUT2D eigenvalue weighted by Gasteiger charge is -2.13. The van der Waals surface area contributed by atoms with E-state index in [9.17, 15) is 14.7 Å². The number of carbonyl (C=O) groups is 2. The highest BCUT2D eigenvalue weighted by Crippen LogP contribution is 2.28. The first-order chi connectivity index (χ1) is 8.93. The summed E-state index contributed by atoms with van der Waals surface area (Å²) < 4.78 is 9.15. The molecule has 0 aliphatic heterocycles. The molecule has 0 spiro atoms. The molecule has 0 bridgehead atoms. The number of ether oxygens (including phenoxy) is 2. The van der Waals surface area contributed by atoms with Crippen LogP contribution in [-0.2, 0) is 9.47 Å². The molecule has 0 atom stereocenters. The van der Waals surface area contributed by atoms with E-state index in [-0.39, 0.29) is 16.9 Å². The standard InChI is InChI=1S/C12H14O5.C2H6/c1-6-5-8(13)10(12(15)17-4)9(7(6)2)11(14)16-3;1-2/h5,13H,1-4H3;1-2H3. The van der Waals surface area contributed by atoms with Crippen LogP contribution in [0.5, 0.6) is 5.75 Å². The zero-order valence-corrected chi connectivity index (χ0v) is 12.2. The van der Waals surface area contributed by atoms with Crippen LogP contribution in [0.15, 0.2) is 6.07 Å². The maximum atomic E-state index is 11.6. The molecule has 1 aromatic carbocycles. The molecule has 0 heterocycles. The molecule has 0 aromatic heterocycles. The van der Waals surface area contributed by atoms with Crippen molar-refractivity contribution in [1.82, 2.24) is 0 Å². The molecule has 0 saturated heterocycles. The summed E-state index contributed by atoms with van der Waals surface area (Å²) in [6, 6.07) is 1.41. The third-order valence-corrected chi connectivity index (χ3v) is 2.60. The quantitative estimate of drug-likeness (QED) is 0.835. The first-order valence-corrected chi connectivity index (χ1v) is 5.93. The highest BCUT2D eigenvalue weighted by molar-refractivity contribution is 6.06. The minimum Gasteiger partial charge on any atom is -0.507 e. The number of methoxy groups -OCH3 is 2. The Labute approximate surface area is 113 Å². The van der Waals surface area contributed by atoms with Crippen molar-refractivity contribution in [2.45, 2.75) is 27.7 Å². The first kappa shape index (κ1) is 17.0. The highest BCUT2D eigenvalue weighted by atomic mass is 16.5. The van der Waals surface area contributed by atoms with Crippen LogP contribution >= 0.6 is 0 Å². The topological polar surface area (TPSA) is 72.8 Å². The molecule has 1 N–H and O–H groups in total. The minimum absolute atomic E-state index is 0.0388. The van der Waals surface area contributed by atoms with E-state index in [1.807, 2.05) is 13.8 Å². The number of aromatic hydroxyl groups is 1. The predicted molar refractivity (Wildman–Crippen MR) is 71.6 cm³/mol. The van der Waals surface area contributed by atoms with Crippen LogP contribution in [-0.4, -0.2) is 31.3 Å². The van der Waals surface area contributed by atoms with Crippen LogP contribution in [0.1, 0.15) is 45.7 Å². The Balaban J connectivity index is 0.00000154. The van der Waals surface area contributed by atoms with E-state index < -0.39 is 11.9 Å². The van der Waals surface area contributed by atoms with Crippen molar-refractivity contribution in [3.63, 3.8) is 0 Å². The number of phenolic OH excluding ortho intramolecular Hbond substituents is 1. The Bertz CT molecular complexity index is 477. The van der Waals surface area contributed by atoms with E-state index in [0.29, 0.717) is 11.1 Å². The molecular formula is C14H20O5. The fourth-order valence-electron chi connectivity index (χ4n) is 1.56. The second-order valence-corrected chi connectivity index (χ2v) is 3.57. The van der Waals surface area contributed by atoms with Crippen LogP contribution in [0.4, 0.5) is 0 Å². The van der Waals surface area contributed by atoms with Crippen molar-refractivity contribution in [3.05, 3.63) is 28.3 Å². The third-order valence-electron chi connectivity index (χ3n) is 2.60. The molecule has 0 aliphatic rings. The van der Waals surface area contributed by atoms with Gasteiger partial charge in [-0.25, -0.2) is 9.59 Å². The number of benzene rings is 1. The maximum Gasteiger partial charge on any atom is 0.342 e. The summed E-state index contributed by atoms with van der Waals surface area (Å²) in [5.41, 5.74) is 1.14. The van der Waals surface area contributed by atoms with E-state index in [4.69, 9.17) is 0 Å². The monoisotopic (exact) mass is 268 g/mol. The molecular weight excluding hydrogens is 248 g/mol. The van der Waals surface area contributed by atoms with Gasteiger partial charge in [-0.15, -0.1) is 0 Å². The van der Waals surface area contributed by atoms with E-state index in [1.165, 1.54) is 20.3 Å². The van der Waals surface area contributed by atoms with Crippen LogP contribution in [0, 0.1) is 13.8 Å². The SMILES string of the molecule is CC.COC(=O)c1c(O)cc(C)c(C)c1C(=O)OC. The van der Waals surface area contributed by atoms with Crippen LogP contribution in [0.25, 0.3) is 0 Å². The lowest BCUT2D eigenvalue weighted by molar-refractivity contribution is 0.0551. The molecule has 0 aliphatic carbocycles. The molecule has 5 heteroatoms. The summed E-state index contributed by atoms with van der Waals surface area (Å²) in [6.45, 7) is 7.40. The van der Waals surface area contributed by atoms with Gasteiger partial charge in [-0.3, -0.25) is 0 Å². The second kappa shape index (κ2) is 7.41. The van der Waals surface area contributed by atoms with Crippen LogP contribution < -0.4 is 0 Å². The van der Waals surface area contributed by atoms with E-state index >= 15 is 0 Å². The molecule has 0 radical (unpaired) electrons. The normalized spacial score (nSPS) is 9.16. The van der Waals surface area contributed by atoms with Gasteiger partial charge in [-0.1, -0.05) is 13.8 Å². The summed E-state index contributed by atoms with van der Waals surface area (Å²) in [6.07, 6.45) is 0. The first-order valence-electron chi connectivity index (χ1n) is 5.93. The molecule has 0 fully saturated rings. The number of esters is 2. The van der Waals surface area contributed by atoms with Gasteiger partial charge in [0, 0.05) is 0 Å². The van der Waals surface area contributed by atoms with Gasteiger partial charge in [-0.2, -0.15) is 0 Å². The zero-order chi connectivity index (χ0) is 15.2. The predicted octanol–water partition coefficient (Wildman–Crippen LogP) is 2.61. The van der Waals surface area contributed by atoms with Gasteiger partial charge in [0.25, 0.3) is 0 Å². The molecule has 106 valence electrons. The molecule has 0 saturated carbocycles. The van der Waals surface area contributed by atoms with Crippen molar-refractivity contribution in [2.24, 2.45) is 0 Å². The molecule has 5 nitrogen and oxygen atoms in total. The molecule has 0 amide bonds. The average molecular weight is 268 g/mol. The lowest BCUT2D eigenvalue weighted by Crippen LogP contribution is -2.14. The fourth-order valence-corrected chi connectivity index (χ4v) is 1.56.